The van der Waals surface area contributed by atoms with Crippen molar-refractivity contribution in [1.29, 1.82) is 0 Å². The van der Waals surface area contributed by atoms with E-state index in [0.29, 0.717) is 13.1 Å². The van der Waals surface area contributed by atoms with Gasteiger partial charge in [-0.05, 0) is 25.1 Å². The summed E-state index contributed by atoms with van der Waals surface area (Å²) >= 11 is 0. The maximum Gasteiger partial charge on any atom is 0.243 e. The third-order valence-corrected chi connectivity index (χ3v) is 2.77. The summed E-state index contributed by atoms with van der Waals surface area (Å²) in [6.45, 7) is 10.4. The second-order valence-electron chi connectivity index (χ2n) is 4.48. The SMILES string of the molecule is C=CC(=O)NCc1nc2ccccc2n1CC(=C)C. The average Bonchev–Trinajstić information content (AvgIpc) is 2.74. The van der Waals surface area contributed by atoms with E-state index in [-0.39, 0.29) is 5.91 Å². The van der Waals surface area contributed by atoms with Crippen molar-refractivity contribution in [3.63, 3.8) is 0 Å². The number of carbonyl (C=O) groups is 1. The fourth-order valence-corrected chi connectivity index (χ4v) is 1.95. The number of imidazole rings is 1. The number of carbonyl (C=O) groups excluding carboxylic acids is 1. The van der Waals surface area contributed by atoms with E-state index < -0.39 is 0 Å². The molecule has 1 heterocycles. The summed E-state index contributed by atoms with van der Waals surface area (Å²) < 4.78 is 2.07. The minimum atomic E-state index is -0.200. The number of fused-ring (bicyclic) bond motifs is 1. The highest BCUT2D eigenvalue weighted by atomic mass is 16.1. The molecule has 1 N–H and O–H groups in total. The van der Waals surface area contributed by atoms with E-state index in [0.717, 1.165) is 22.4 Å². The molecule has 0 unspecified atom stereocenters. The number of amides is 1. The van der Waals surface area contributed by atoms with Crippen molar-refractivity contribution in [2.75, 3.05) is 0 Å². The predicted molar refractivity (Wildman–Crippen MR) is 76.6 cm³/mol. The average molecular weight is 255 g/mol. The first-order valence-corrected chi connectivity index (χ1v) is 6.10. The van der Waals surface area contributed by atoms with Crippen LogP contribution in [0.4, 0.5) is 0 Å². The van der Waals surface area contributed by atoms with E-state index in [2.05, 4.69) is 28.0 Å². The summed E-state index contributed by atoms with van der Waals surface area (Å²) in [6, 6.07) is 7.91. The lowest BCUT2D eigenvalue weighted by molar-refractivity contribution is -0.116. The van der Waals surface area contributed by atoms with E-state index in [4.69, 9.17) is 0 Å². The Labute approximate surface area is 112 Å². The summed E-state index contributed by atoms with van der Waals surface area (Å²) in [5, 5.41) is 2.75. The number of aromatic nitrogens is 2. The maximum atomic E-state index is 11.3. The Hall–Kier alpha value is -2.36. The van der Waals surface area contributed by atoms with Gasteiger partial charge in [0.05, 0.1) is 17.6 Å². The van der Waals surface area contributed by atoms with E-state index in [1.54, 1.807) is 0 Å². The number of para-hydroxylation sites is 2. The van der Waals surface area contributed by atoms with Crippen molar-refractivity contribution in [1.82, 2.24) is 14.9 Å². The third-order valence-electron chi connectivity index (χ3n) is 2.77. The molecule has 4 nitrogen and oxygen atoms in total. The molecule has 0 atom stereocenters. The van der Waals surface area contributed by atoms with Crippen LogP contribution >= 0.6 is 0 Å². The normalized spacial score (nSPS) is 10.4. The van der Waals surface area contributed by atoms with E-state index >= 15 is 0 Å². The molecule has 0 fully saturated rings. The van der Waals surface area contributed by atoms with Crippen molar-refractivity contribution in [3.8, 4) is 0 Å². The van der Waals surface area contributed by atoms with E-state index in [9.17, 15) is 4.79 Å². The number of nitrogens with one attached hydrogen (secondary N) is 1. The minimum Gasteiger partial charge on any atom is -0.345 e. The van der Waals surface area contributed by atoms with Gasteiger partial charge in [0.25, 0.3) is 0 Å². The molecule has 0 aliphatic carbocycles. The Morgan fingerprint density at radius 3 is 2.89 bits per heavy atom. The van der Waals surface area contributed by atoms with Gasteiger partial charge in [-0.3, -0.25) is 4.79 Å². The van der Waals surface area contributed by atoms with Gasteiger partial charge in [0.15, 0.2) is 0 Å². The van der Waals surface area contributed by atoms with Crippen LogP contribution in [0.2, 0.25) is 0 Å². The summed E-state index contributed by atoms with van der Waals surface area (Å²) in [5.74, 6) is 0.619. The summed E-state index contributed by atoms with van der Waals surface area (Å²) in [7, 11) is 0. The van der Waals surface area contributed by atoms with Crippen molar-refractivity contribution in [2.45, 2.75) is 20.0 Å². The van der Waals surface area contributed by atoms with Crippen LogP contribution in [0, 0.1) is 0 Å². The fraction of sp³-hybridized carbons (Fsp3) is 0.200. The molecule has 98 valence electrons. The Bertz CT molecular complexity index is 640. The Morgan fingerprint density at radius 1 is 1.47 bits per heavy atom. The monoisotopic (exact) mass is 255 g/mol. The molecule has 2 aromatic rings. The first kappa shape index (κ1) is 13.1. The largest absolute Gasteiger partial charge is 0.345 e. The van der Waals surface area contributed by atoms with Gasteiger partial charge in [-0.25, -0.2) is 4.98 Å². The molecular formula is C15H17N3O. The Morgan fingerprint density at radius 2 is 2.21 bits per heavy atom. The number of rotatable bonds is 5. The van der Waals surface area contributed by atoms with Gasteiger partial charge < -0.3 is 9.88 Å². The first-order valence-electron chi connectivity index (χ1n) is 6.10. The molecule has 2 rings (SSSR count). The van der Waals surface area contributed by atoms with Gasteiger partial charge in [-0.15, -0.1) is 0 Å². The number of hydrogen-bond acceptors (Lipinski definition) is 2. The quantitative estimate of drug-likeness (QED) is 0.659. The lowest BCUT2D eigenvalue weighted by atomic mass is 10.3. The first-order chi connectivity index (χ1) is 9.11. The minimum absolute atomic E-state index is 0.200. The van der Waals surface area contributed by atoms with Crippen molar-refractivity contribution < 1.29 is 4.79 Å². The molecule has 1 aromatic carbocycles. The van der Waals surface area contributed by atoms with E-state index in [1.807, 2.05) is 31.2 Å². The molecule has 1 aromatic heterocycles. The standard InChI is InChI=1S/C15H17N3O/c1-4-15(19)16-9-14-17-12-7-5-6-8-13(12)18(14)10-11(2)3/h4-8H,1-2,9-10H2,3H3,(H,16,19). The zero-order chi connectivity index (χ0) is 13.8. The van der Waals surface area contributed by atoms with Crippen LogP contribution in [0.25, 0.3) is 11.0 Å². The summed E-state index contributed by atoms with van der Waals surface area (Å²) in [6.07, 6.45) is 1.26. The topological polar surface area (TPSA) is 46.9 Å². The molecule has 0 saturated carbocycles. The van der Waals surface area contributed by atoms with Gasteiger partial charge in [0.2, 0.25) is 5.91 Å². The smallest absolute Gasteiger partial charge is 0.243 e. The number of nitrogens with zero attached hydrogens (tertiary/aromatic N) is 2. The number of hydrogen-bond donors (Lipinski definition) is 1. The lowest BCUT2D eigenvalue weighted by Gasteiger charge is -2.09. The lowest BCUT2D eigenvalue weighted by Crippen LogP contribution is -2.22. The van der Waals surface area contributed by atoms with Crippen LogP contribution in [0.1, 0.15) is 12.7 Å². The molecule has 0 bridgehead atoms. The van der Waals surface area contributed by atoms with Gasteiger partial charge in [-0.2, -0.15) is 0 Å². The molecule has 0 aliphatic heterocycles. The molecule has 0 aliphatic rings. The van der Waals surface area contributed by atoms with Crippen LogP contribution in [0.3, 0.4) is 0 Å². The van der Waals surface area contributed by atoms with Gasteiger partial charge in [0.1, 0.15) is 5.82 Å². The highest BCUT2D eigenvalue weighted by Crippen LogP contribution is 2.17. The summed E-state index contributed by atoms with van der Waals surface area (Å²) in [4.78, 5) is 15.8. The fourth-order valence-electron chi connectivity index (χ4n) is 1.95. The van der Waals surface area contributed by atoms with Crippen LogP contribution in [0.15, 0.2) is 49.1 Å². The number of benzene rings is 1. The summed E-state index contributed by atoms with van der Waals surface area (Å²) in [5.41, 5.74) is 3.01. The van der Waals surface area contributed by atoms with Gasteiger partial charge >= 0.3 is 0 Å². The van der Waals surface area contributed by atoms with Gasteiger partial charge in [-0.1, -0.05) is 30.9 Å². The van der Waals surface area contributed by atoms with Gasteiger partial charge in [0, 0.05) is 6.54 Å². The molecule has 0 saturated heterocycles. The van der Waals surface area contributed by atoms with Crippen LogP contribution in [-0.4, -0.2) is 15.5 Å². The second-order valence-corrected chi connectivity index (χ2v) is 4.48. The van der Waals surface area contributed by atoms with Crippen molar-refractivity contribution in [3.05, 3.63) is 54.9 Å². The Balaban J connectivity index is 2.37. The third kappa shape index (κ3) is 2.91. The molecular weight excluding hydrogens is 238 g/mol. The zero-order valence-corrected chi connectivity index (χ0v) is 11.0. The van der Waals surface area contributed by atoms with Crippen LogP contribution < -0.4 is 5.32 Å². The zero-order valence-electron chi connectivity index (χ0n) is 11.0. The molecule has 1 amide bonds. The van der Waals surface area contributed by atoms with Crippen LogP contribution in [0.5, 0.6) is 0 Å². The van der Waals surface area contributed by atoms with E-state index in [1.165, 1.54) is 6.08 Å². The van der Waals surface area contributed by atoms with Crippen molar-refractivity contribution >= 4 is 16.9 Å². The Kier molecular flexibility index (Phi) is 3.80. The highest BCUT2D eigenvalue weighted by Gasteiger charge is 2.10. The number of allylic oxidation sites excluding steroid dienone is 1. The van der Waals surface area contributed by atoms with Crippen LogP contribution in [-0.2, 0) is 17.9 Å². The molecule has 0 spiro atoms. The van der Waals surface area contributed by atoms with Crippen molar-refractivity contribution in [2.24, 2.45) is 0 Å². The second kappa shape index (κ2) is 5.52. The molecule has 19 heavy (non-hydrogen) atoms. The predicted octanol–water partition coefficient (Wildman–Crippen LogP) is 2.41. The highest BCUT2D eigenvalue weighted by molar-refractivity contribution is 5.86. The maximum absolute atomic E-state index is 11.3. The molecule has 0 radical (unpaired) electrons. The molecule has 4 heteroatoms.